The molecule has 0 unspecified atom stereocenters. The number of ketones is 4. The quantitative estimate of drug-likeness (QED) is 0.0132. The van der Waals surface area contributed by atoms with Gasteiger partial charge in [-0.2, -0.15) is 0 Å². The van der Waals surface area contributed by atoms with Crippen LogP contribution in [0.15, 0.2) is 103 Å². The summed E-state index contributed by atoms with van der Waals surface area (Å²) in [7, 11) is 7.16. The molecule has 0 aliphatic carbocycles. The number of carbonyl (C=O) groups is 14. The minimum atomic E-state index is -1.36. The molecule has 736 valence electrons. The van der Waals surface area contributed by atoms with Crippen molar-refractivity contribution >= 4 is 82.3 Å². The molecule has 2 heterocycles. The molecular weight excluding hydrogens is 1710 g/mol. The van der Waals surface area contributed by atoms with Crippen molar-refractivity contribution in [2.24, 2.45) is 11.8 Å². The fourth-order valence-corrected chi connectivity index (χ4v) is 17.2. The van der Waals surface area contributed by atoms with E-state index in [0.717, 1.165) is 76.8 Å². The molecule has 8 N–H and O–H groups in total. The summed E-state index contributed by atoms with van der Waals surface area (Å²) in [4.78, 5) is 193. The second-order valence-corrected chi connectivity index (χ2v) is 36.8. The Labute approximate surface area is 793 Å². The SMILES string of the molecule is CCCCCCCCCCCCCCCC(=O)N(C)[C@H](CO)C(=O)N[C@H](C)C(=O)CCC(=O)N(C)[C@@H]1C(=O)C[C@@H](C)C(=O)N[C@H](C(=O)O)Cc2ccc(O)c(c2)-c2cc1ccc2O.CCCCCCCCCCCCCCCC(=O)N(C)[C@H](COCc1ccccc1)C(=O)N[C@H](C)C(=O)CCC(=O)N(C)[C@@H]1C(=O)C[C@@H](C)C(=O)N[C@H](C(=O)OC)Cc2ccc(C)c(c2)-c2cc1ccc2C. The standard InChI is InChI=1S/C58H82N4O9.C48H70N4O11/c1-9-10-11-12-13-14-15-16-17-18-19-20-24-27-53(65)61(6)50(39-71-38-44-25-22-21-23-26-44)57(68)59-43(5)51(63)32-33-54(66)62(7)55-46-31-29-41(3)48(37-46)47-35-45(30-28-40(47)2)36-49(58(69)70-8)60-56(67)42(4)34-52(55)64;1-6-7-8-9-10-11-12-13-14-15-16-17-18-19-43(58)51(4)38(30-53)47(61)49-32(3)39(54)24-25-44(59)52(5)45-34-21-23-41(56)36(29-34)35-27-33(20-22-40(35)55)28-37(48(62)63)50-46(60)31(2)26-42(45)57/h21-23,25-26,28-31,35,37,42-43,49-50,55H,9-20,24,27,32-34,36,38-39H2,1-8H3,(H,59,68)(H,60,67);20-23,27,29,31-32,37-38,45,53,55-56H,6-19,24-26,28,30H2,1-5H3,(H,49,61)(H,50,60)(H,62,63)/t42-,43-,49+,50-,55+;31-,32-,37+,38-,45+/m11/s1. The maximum Gasteiger partial charge on any atom is 0.328 e. The van der Waals surface area contributed by atoms with Gasteiger partial charge < -0.3 is 70.8 Å². The lowest BCUT2D eigenvalue weighted by molar-refractivity contribution is -0.146. The number of hydrogen-bond donors (Lipinski definition) is 8. The van der Waals surface area contributed by atoms with E-state index in [4.69, 9.17) is 9.47 Å². The van der Waals surface area contributed by atoms with Gasteiger partial charge in [-0.1, -0.05) is 255 Å². The van der Waals surface area contributed by atoms with Crippen LogP contribution in [0.2, 0.25) is 0 Å². The second kappa shape index (κ2) is 59.0. The van der Waals surface area contributed by atoms with E-state index in [2.05, 4.69) is 35.1 Å². The summed E-state index contributed by atoms with van der Waals surface area (Å²) in [6.45, 7) is 13.9. The molecule has 0 fully saturated rings. The van der Waals surface area contributed by atoms with Gasteiger partial charge in [0.25, 0.3) is 0 Å². The number of aliphatic hydroxyl groups is 1. The first-order chi connectivity index (χ1) is 64.0. The third-order valence-electron chi connectivity index (χ3n) is 26.0. The van der Waals surface area contributed by atoms with E-state index >= 15 is 0 Å². The number of aliphatic carboxylic acids is 1. The summed E-state index contributed by atoms with van der Waals surface area (Å²) in [6.07, 6.45) is 29.5. The highest BCUT2D eigenvalue weighted by atomic mass is 16.5. The third kappa shape index (κ3) is 36.3. The van der Waals surface area contributed by atoms with Crippen LogP contribution in [0.4, 0.5) is 0 Å². The molecular formula is C106H152N8O20. The number of nitrogens with one attached hydrogen (secondary N) is 4. The molecule has 0 saturated carbocycles. The Morgan fingerprint density at radius 2 is 0.806 bits per heavy atom. The first-order valence-corrected chi connectivity index (χ1v) is 48.8. The predicted molar refractivity (Wildman–Crippen MR) is 517 cm³/mol. The van der Waals surface area contributed by atoms with E-state index in [0.29, 0.717) is 30.4 Å². The number of carboxylic acids is 1. The molecule has 28 nitrogen and oxygen atoms in total. The van der Waals surface area contributed by atoms with Crippen LogP contribution in [-0.2, 0) is 96.0 Å². The average Bonchev–Trinajstić information content (AvgIpc) is 0.788. The van der Waals surface area contributed by atoms with Gasteiger partial charge in [0.1, 0.15) is 47.8 Å². The van der Waals surface area contributed by atoms with E-state index < -0.39 is 144 Å². The van der Waals surface area contributed by atoms with Gasteiger partial charge in [-0.25, -0.2) is 9.59 Å². The number of carbonyl (C=O) groups excluding carboxylic acids is 13. The monoisotopic (exact) mass is 1860 g/mol. The van der Waals surface area contributed by atoms with Crippen molar-refractivity contribution in [1.29, 1.82) is 0 Å². The number of phenolic OH excluding ortho intramolecular Hbond substituents is 2. The normalized spacial score (nSPS) is 17.1. The summed E-state index contributed by atoms with van der Waals surface area (Å²) < 4.78 is 11.0. The molecule has 2 aliphatic rings. The first-order valence-electron chi connectivity index (χ1n) is 48.8. The van der Waals surface area contributed by atoms with E-state index in [9.17, 15) is 87.5 Å². The highest BCUT2D eigenvalue weighted by Gasteiger charge is 2.38. The van der Waals surface area contributed by atoms with E-state index in [1.807, 2.05) is 74.5 Å². The molecule has 134 heavy (non-hydrogen) atoms. The van der Waals surface area contributed by atoms with Gasteiger partial charge in [-0.15, -0.1) is 0 Å². The van der Waals surface area contributed by atoms with Crippen LogP contribution in [0, 0.1) is 25.7 Å². The molecule has 0 spiro atoms. The number of carboxylic acid groups (broad SMARTS) is 1. The van der Waals surface area contributed by atoms with E-state index in [-0.39, 0.29) is 105 Å². The number of Topliss-reactive ketones (excluding diaryl/α,β-unsaturated/α-hetero) is 4. The average molecular weight is 1860 g/mol. The number of nitrogens with zero attached hydrogens (tertiary/aromatic N) is 4. The summed E-state index contributed by atoms with van der Waals surface area (Å²) in [5.41, 5.74) is 6.80. The fraction of sp³-hybridized carbons (Fsp3) is 0.585. The third-order valence-corrected chi connectivity index (χ3v) is 26.0. The molecule has 0 aromatic heterocycles. The maximum absolute atomic E-state index is 14.3. The lowest BCUT2D eigenvalue weighted by Gasteiger charge is -2.30. The van der Waals surface area contributed by atoms with Gasteiger partial charge in [-0.3, -0.25) is 57.5 Å². The van der Waals surface area contributed by atoms with Gasteiger partial charge in [0.05, 0.1) is 39.0 Å². The van der Waals surface area contributed by atoms with Crippen molar-refractivity contribution in [3.8, 4) is 33.8 Å². The largest absolute Gasteiger partial charge is 0.507 e. The van der Waals surface area contributed by atoms with E-state index in [1.54, 1.807) is 27.0 Å². The van der Waals surface area contributed by atoms with Crippen LogP contribution < -0.4 is 21.3 Å². The number of likely N-dealkylation sites (N-methyl/N-ethyl adjacent to an activating group) is 4. The van der Waals surface area contributed by atoms with Crippen molar-refractivity contribution in [3.05, 3.63) is 142 Å². The number of esters is 1. The zero-order valence-corrected chi connectivity index (χ0v) is 81.8. The van der Waals surface area contributed by atoms with Gasteiger partial charge in [-0.05, 0) is 121 Å². The number of phenols is 2. The topological polar surface area (TPSA) is 399 Å². The maximum atomic E-state index is 14.3. The van der Waals surface area contributed by atoms with Gasteiger partial charge in [0.2, 0.25) is 47.3 Å². The van der Waals surface area contributed by atoms with Crippen molar-refractivity contribution < 1.29 is 97.0 Å². The zero-order chi connectivity index (χ0) is 98.5. The predicted octanol–water partition coefficient (Wildman–Crippen LogP) is 15.8. The number of unbranched alkanes of at least 4 members (excludes halogenated alkanes) is 24. The number of aryl methyl sites for hydroxylation is 2. The molecule has 5 aromatic rings. The van der Waals surface area contributed by atoms with Crippen LogP contribution in [0.5, 0.6) is 11.5 Å². The zero-order valence-electron chi connectivity index (χ0n) is 81.8. The lowest BCUT2D eigenvalue weighted by atomic mass is 9.87. The minimum Gasteiger partial charge on any atom is -0.507 e. The van der Waals surface area contributed by atoms with Crippen molar-refractivity contribution in [2.75, 3.05) is 48.5 Å². The second-order valence-electron chi connectivity index (χ2n) is 36.8. The number of rotatable bonds is 51. The Morgan fingerprint density at radius 1 is 0.440 bits per heavy atom. The number of hydrogen-bond acceptors (Lipinski definition) is 19. The molecule has 7 rings (SSSR count). The first kappa shape index (κ1) is 112. The summed E-state index contributed by atoms with van der Waals surface area (Å²) in [6, 6.07) is 20.3. The Kier molecular flexibility index (Phi) is 49.2. The number of aromatic hydroxyl groups is 2. The molecule has 5 aromatic carbocycles. The fourth-order valence-electron chi connectivity index (χ4n) is 17.2. The van der Waals surface area contributed by atoms with Crippen molar-refractivity contribution in [1.82, 2.24) is 40.9 Å². The molecule has 28 heteroatoms. The van der Waals surface area contributed by atoms with Gasteiger partial charge in [0.15, 0.2) is 23.1 Å². The number of amides is 8. The van der Waals surface area contributed by atoms with Gasteiger partial charge in [0, 0.05) is 115 Å². The molecule has 0 radical (unpaired) electrons. The lowest BCUT2D eigenvalue weighted by Crippen LogP contribution is -2.53. The Morgan fingerprint density at radius 3 is 1.25 bits per heavy atom. The van der Waals surface area contributed by atoms with Crippen LogP contribution >= 0.6 is 0 Å². The van der Waals surface area contributed by atoms with Crippen LogP contribution in [0.3, 0.4) is 0 Å². The molecule has 8 bridgehead atoms. The Hall–Kier alpha value is -11.0. The highest BCUT2D eigenvalue weighted by Crippen LogP contribution is 2.41. The molecule has 0 saturated heterocycles. The number of methoxy groups -OCH3 is 1. The van der Waals surface area contributed by atoms with E-state index in [1.165, 1.54) is 209 Å². The summed E-state index contributed by atoms with van der Waals surface area (Å²) in [5.74, 6) is -10.2. The Balaban J connectivity index is 0.000000415. The minimum absolute atomic E-state index is 0.0843. The molecule has 10 atom stereocenters. The Bertz CT molecular complexity index is 4690. The van der Waals surface area contributed by atoms with Crippen LogP contribution in [0.1, 0.15) is 311 Å². The van der Waals surface area contributed by atoms with Crippen LogP contribution in [0.25, 0.3) is 22.3 Å². The smallest absolute Gasteiger partial charge is 0.328 e. The highest BCUT2D eigenvalue weighted by molar-refractivity contribution is 5.99. The van der Waals surface area contributed by atoms with Gasteiger partial charge >= 0.3 is 11.9 Å². The number of benzene rings is 5. The molecule has 8 amide bonds. The summed E-state index contributed by atoms with van der Waals surface area (Å²) >= 11 is 0. The van der Waals surface area contributed by atoms with Crippen molar-refractivity contribution in [3.63, 3.8) is 0 Å². The number of ether oxygens (including phenoxy) is 2. The number of aliphatic hydroxyl groups excluding tert-OH is 1. The summed E-state index contributed by atoms with van der Waals surface area (Å²) in [5, 5.41) is 52.2. The van der Waals surface area contributed by atoms with Crippen LogP contribution in [-0.4, -0.2) is 207 Å². The van der Waals surface area contributed by atoms with Crippen molar-refractivity contribution in [2.45, 2.75) is 341 Å². The molecule has 2 aliphatic heterocycles. The number of fused-ring (bicyclic) bond motifs is 10.